The fourth-order valence-electron chi connectivity index (χ4n) is 2.93. The molecule has 0 spiro atoms. The first-order valence-electron chi connectivity index (χ1n) is 9.89. The molecule has 0 aliphatic carbocycles. The monoisotopic (exact) mass is 438 g/mol. The van der Waals surface area contributed by atoms with E-state index in [9.17, 15) is 13.2 Å². The molecule has 2 N–H and O–H groups in total. The minimum atomic E-state index is -3.73. The summed E-state index contributed by atoms with van der Waals surface area (Å²) >= 11 is 0. The van der Waals surface area contributed by atoms with Gasteiger partial charge < -0.3 is 10.1 Å². The van der Waals surface area contributed by atoms with Crippen LogP contribution in [0.2, 0.25) is 0 Å². The average molecular weight is 439 g/mol. The van der Waals surface area contributed by atoms with Gasteiger partial charge in [-0.05, 0) is 80.8 Å². The third-order valence-electron chi connectivity index (χ3n) is 4.84. The maximum atomic E-state index is 12.6. The Labute approximate surface area is 183 Å². The number of carbonyl (C=O) groups is 1. The van der Waals surface area contributed by atoms with E-state index in [0.717, 1.165) is 16.7 Å². The predicted octanol–water partition coefficient (Wildman–Crippen LogP) is 4.82. The van der Waals surface area contributed by atoms with Crippen LogP contribution in [0.3, 0.4) is 0 Å². The van der Waals surface area contributed by atoms with Gasteiger partial charge in [-0.3, -0.25) is 9.52 Å². The van der Waals surface area contributed by atoms with Crippen molar-refractivity contribution in [2.24, 2.45) is 0 Å². The van der Waals surface area contributed by atoms with E-state index in [1.807, 2.05) is 51.1 Å². The van der Waals surface area contributed by atoms with Crippen LogP contribution in [-0.2, 0) is 14.8 Å². The highest BCUT2D eigenvalue weighted by Gasteiger charge is 2.18. The van der Waals surface area contributed by atoms with E-state index in [1.54, 1.807) is 31.2 Å². The second kappa shape index (κ2) is 9.22. The minimum absolute atomic E-state index is 0.105. The van der Waals surface area contributed by atoms with Crippen molar-refractivity contribution in [1.82, 2.24) is 0 Å². The molecule has 1 atom stereocenters. The van der Waals surface area contributed by atoms with Crippen LogP contribution < -0.4 is 14.8 Å². The first-order valence-corrected chi connectivity index (χ1v) is 11.4. The van der Waals surface area contributed by atoms with Gasteiger partial charge in [-0.25, -0.2) is 8.42 Å². The van der Waals surface area contributed by atoms with Crippen LogP contribution >= 0.6 is 0 Å². The summed E-state index contributed by atoms with van der Waals surface area (Å²) < 4.78 is 33.7. The number of hydrogen-bond acceptors (Lipinski definition) is 4. The smallest absolute Gasteiger partial charge is 0.265 e. The third-order valence-corrected chi connectivity index (χ3v) is 6.22. The Balaban J connectivity index is 1.66. The van der Waals surface area contributed by atoms with Crippen LogP contribution in [0.1, 0.15) is 23.6 Å². The number of sulfonamides is 1. The molecule has 7 heteroatoms. The van der Waals surface area contributed by atoms with Gasteiger partial charge in [0.2, 0.25) is 0 Å². The van der Waals surface area contributed by atoms with Gasteiger partial charge >= 0.3 is 0 Å². The molecule has 0 heterocycles. The normalized spacial score (nSPS) is 12.1. The zero-order valence-electron chi connectivity index (χ0n) is 18.0. The summed E-state index contributed by atoms with van der Waals surface area (Å²) in [5, 5.41) is 2.75. The molecule has 6 nitrogen and oxygen atoms in total. The standard InChI is InChI=1S/C24H26N2O4S/c1-16-9-10-18(3)23(15-16)30-19(4)24(27)25-20-11-13-21(14-12-20)31(28,29)26-22-8-6-5-7-17(22)2/h5-15,19,26H,1-4H3,(H,25,27). The highest BCUT2D eigenvalue weighted by atomic mass is 32.2. The largest absolute Gasteiger partial charge is 0.481 e. The van der Waals surface area contributed by atoms with E-state index in [4.69, 9.17) is 4.74 Å². The summed E-state index contributed by atoms with van der Waals surface area (Å²) in [5.74, 6) is 0.334. The number of anilines is 2. The number of amides is 1. The van der Waals surface area contributed by atoms with Gasteiger partial charge in [0.25, 0.3) is 15.9 Å². The fraction of sp³-hybridized carbons (Fsp3) is 0.208. The lowest BCUT2D eigenvalue weighted by molar-refractivity contribution is -0.122. The summed E-state index contributed by atoms with van der Waals surface area (Å²) in [6.45, 7) is 7.38. The summed E-state index contributed by atoms with van der Waals surface area (Å²) in [4.78, 5) is 12.6. The van der Waals surface area contributed by atoms with E-state index in [-0.39, 0.29) is 10.8 Å². The summed E-state index contributed by atoms with van der Waals surface area (Å²) in [6.07, 6.45) is -0.716. The first-order chi connectivity index (χ1) is 14.7. The zero-order chi connectivity index (χ0) is 22.6. The molecule has 1 amide bonds. The molecule has 162 valence electrons. The van der Waals surface area contributed by atoms with E-state index < -0.39 is 16.1 Å². The van der Waals surface area contributed by atoms with Crippen LogP contribution in [-0.4, -0.2) is 20.4 Å². The summed E-state index contributed by atoms with van der Waals surface area (Å²) in [6, 6.07) is 19.0. The van der Waals surface area contributed by atoms with Crippen LogP contribution in [0, 0.1) is 20.8 Å². The van der Waals surface area contributed by atoms with Crippen molar-refractivity contribution in [3.63, 3.8) is 0 Å². The molecule has 31 heavy (non-hydrogen) atoms. The van der Waals surface area contributed by atoms with Crippen molar-refractivity contribution in [3.8, 4) is 5.75 Å². The highest BCUT2D eigenvalue weighted by Crippen LogP contribution is 2.22. The lowest BCUT2D eigenvalue weighted by Gasteiger charge is -2.17. The quantitative estimate of drug-likeness (QED) is 0.554. The number of aryl methyl sites for hydroxylation is 3. The highest BCUT2D eigenvalue weighted by molar-refractivity contribution is 7.92. The molecule has 0 radical (unpaired) electrons. The molecule has 0 saturated heterocycles. The molecule has 0 fully saturated rings. The zero-order valence-corrected chi connectivity index (χ0v) is 18.8. The summed E-state index contributed by atoms with van der Waals surface area (Å²) in [5.41, 5.74) is 3.83. The summed E-state index contributed by atoms with van der Waals surface area (Å²) in [7, 11) is -3.73. The fourth-order valence-corrected chi connectivity index (χ4v) is 4.06. The molecule has 0 bridgehead atoms. The van der Waals surface area contributed by atoms with Gasteiger partial charge in [0.1, 0.15) is 5.75 Å². The molecular weight excluding hydrogens is 412 g/mol. The van der Waals surface area contributed by atoms with Crippen molar-refractivity contribution in [3.05, 3.63) is 83.4 Å². The molecule has 0 aromatic heterocycles. The van der Waals surface area contributed by atoms with Crippen molar-refractivity contribution in [2.75, 3.05) is 10.0 Å². The molecule has 3 aromatic carbocycles. The Hall–Kier alpha value is -3.32. The molecule has 3 rings (SSSR count). The Bertz CT molecular complexity index is 1190. The van der Waals surface area contributed by atoms with E-state index >= 15 is 0 Å². The lowest BCUT2D eigenvalue weighted by atomic mass is 10.1. The van der Waals surface area contributed by atoms with Crippen molar-refractivity contribution in [1.29, 1.82) is 0 Å². The second-order valence-corrected chi connectivity index (χ2v) is 9.15. The Morgan fingerprint density at radius 1 is 0.903 bits per heavy atom. The maximum absolute atomic E-state index is 12.6. The lowest BCUT2D eigenvalue weighted by Crippen LogP contribution is -2.30. The third kappa shape index (κ3) is 5.64. The first kappa shape index (κ1) is 22.4. The van der Waals surface area contributed by atoms with E-state index in [1.165, 1.54) is 12.1 Å². The molecule has 0 aliphatic heterocycles. The molecule has 3 aromatic rings. The Morgan fingerprint density at radius 2 is 1.58 bits per heavy atom. The minimum Gasteiger partial charge on any atom is -0.481 e. The van der Waals surface area contributed by atoms with Gasteiger partial charge in [0.05, 0.1) is 10.6 Å². The van der Waals surface area contributed by atoms with Gasteiger partial charge in [-0.15, -0.1) is 0 Å². The van der Waals surface area contributed by atoms with Crippen LogP contribution in [0.15, 0.2) is 71.6 Å². The van der Waals surface area contributed by atoms with Gasteiger partial charge in [-0.1, -0.05) is 30.3 Å². The average Bonchev–Trinajstić information content (AvgIpc) is 2.72. The van der Waals surface area contributed by atoms with Crippen LogP contribution in [0.5, 0.6) is 5.75 Å². The Morgan fingerprint density at radius 3 is 2.26 bits per heavy atom. The van der Waals surface area contributed by atoms with E-state index in [2.05, 4.69) is 10.0 Å². The number of nitrogens with one attached hydrogen (secondary N) is 2. The predicted molar refractivity (Wildman–Crippen MR) is 123 cm³/mol. The molecular formula is C24H26N2O4S. The van der Waals surface area contributed by atoms with Crippen LogP contribution in [0.25, 0.3) is 0 Å². The van der Waals surface area contributed by atoms with Gasteiger partial charge in [0.15, 0.2) is 6.10 Å². The molecule has 1 unspecified atom stereocenters. The second-order valence-electron chi connectivity index (χ2n) is 7.46. The number of carbonyl (C=O) groups excluding carboxylic acids is 1. The maximum Gasteiger partial charge on any atom is 0.265 e. The Kier molecular flexibility index (Phi) is 6.65. The SMILES string of the molecule is Cc1ccc(C)c(OC(C)C(=O)Nc2ccc(S(=O)(=O)Nc3ccccc3C)cc2)c1. The number of rotatable bonds is 7. The van der Waals surface area contributed by atoms with Crippen molar-refractivity contribution >= 4 is 27.3 Å². The van der Waals surface area contributed by atoms with E-state index in [0.29, 0.717) is 17.1 Å². The number of para-hydroxylation sites is 1. The van der Waals surface area contributed by atoms with Gasteiger partial charge in [0, 0.05) is 5.69 Å². The molecule has 0 saturated carbocycles. The van der Waals surface area contributed by atoms with Crippen molar-refractivity contribution in [2.45, 2.75) is 38.7 Å². The van der Waals surface area contributed by atoms with Gasteiger partial charge in [-0.2, -0.15) is 0 Å². The number of hydrogen-bond donors (Lipinski definition) is 2. The van der Waals surface area contributed by atoms with Crippen LogP contribution in [0.4, 0.5) is 11.4 Å². The molecule has 0 aliphatic rings. The number of ether oxygens (including phenoxy) is 1. The number of benzene rings is 3. The topological polar surface area (TPSA) is 84.5 Å². The van der Waals surface area contributed by atoms with Crippen molar-refractivity contribution < 1.29 is 17.9 Å².